The number of aromatic amines is 1. The van der Waals surface area contributed by atoms with Crippen LogP contribution >= 0.6 is 12.2 Å². The molecular weight excluding hydrogens is 368 g/mol. The average molecular weight is 393 g/mol. The van der Waals surface area contributed by atoms with Crippen LogP contribution in [0.3, 0.4) is 0 Å². The van der Waals surface area contributed by atoms with Gasteiger partial charge in [0.05, 0.1) is 12.2 Å². The lowest BCUT2D eigenvalue weighted by atomic mass is 10.1. The summed E-state index contributed by atoms with van der Waals surface area (Å²) in [4.78, 5) is 17.7. The third kappa shape index (κ3) is 3.79. The highest BCUT2D eigenvalue weighted by Gasteiger charge is 2.25. The number of benzene rings is 2. The van der Waals surface area contributed by atoms with E-state index in [2.05, 4.69) is 46.4 Å². The summed E-state index contributed by atoms with van der Waals surface area (Å²) in [5, 5.41) is 3.45. The molecule has 0 saturated heterocycles. The van der Waals surface area contributed by atoms with Crippen molar-refractivity contribution in [2.45, 2.75) is 32.5 Å². The molecule has 0 fully saturated rings. The zero-order valence-electron chi connectivity index (χ0n) is 15.9. The molecule has 0 bridgehead atoms. The topological polar surface area (TPSA) is 53.1 Å². The van der Waals surface area contributed by atoms with Gasteiger partial charge in [0, 0.05) is 19.1 Å². The number of fused-ring (bicyclic) bond motifs is 1. The van der Waals surface area contributed by atoms with E-state index in [9.17, 15) is 4.79 Å². The number of H-pyrrole nitrogens is 1. The number of anilines is 1. The van der Waals surface area contributed by atoms with Gasteiger partial charge in [0.25, 0.3) is 5.56 Å². The van der Waals surface area contributed by atoms with Crippen molar-refractivity contribution in [3.8, 4) is 0 Å². The molecule has 0 amide bonds. The Labute approximate surface area is 169 Å². The molecule has 0 spiro atoms. The van der Waals surface area contributed by atoms with Gasteiger partial charge in [-0.25, -0.2) is 0 Å². The summed E-state index contributed by atoms with van der Waals surface area (Å²) in [6.07, 6.45) is 0.861. The maximum atomic E-state index is 12.6. The van der Waals surface area contributed by atoms with Crippen molar-refractivity contribution in [3.63, 3.8) is 0 Å². The van der Waals surface area contributed by atoms with E-state index in [0.29, 0.717) is 18.0 Å². The lowest BCUT2D eigenvalue weighted by Gasteiger charge is -2.35. The minimum atomic E-state index is -0.103. The van der Waals surface area contributed by atoms with Crippen LogP contribution in [0.15, 0.2) is 65.5 Å². The molecule has 2 heterocycles. The van der Waals surface area contributed by atoms with Gasteiger partial charge in [-0.05, 0) is 36.7 Å². The number of hydrogen-bond acceptors (Lipinski definition) is 4. The van der Waals surface area contributed by atoms with Crippen molar-refractivity contribution in [3.05, 3.63) is 92.5 Å². The van der Waals surface area contributed by atoms with Gasteiger partial charge in [0.2, 0.25) is 0 Å². The monoisotopic (exact) mass is 392 g/mol. The lowest BCUT2D eigenvalue weighted by molar-refractivity contribution is 0.206. The molecule has 1 aliphatic heterocycles. The Balaban J connectivity index is 1.60. The molecule has 2 N–H and O–H groups in total. The van der Waals surface area contributed by atoms with Crippen LogP contribution in [-0.2, 0) is 19.5 Å². The van der Waals surface area contributed by atoms with Gasteiger partial charge in [-0.1, -0.05) is 60.7 Å². The molecule has 144 valence electrons. The molecular formula is C22H24N4OS. The number of nitrogens with zero attached hydrogens (tertiary/aromatic N) is 2. The van der Waals surface area contributed by atoms with Gasteiger partial charge in [0.1, 0.15) is 5.82 Å². The Hall–Kier alpha value is -2.70. The minimum absolute atomic E-state index is 0.103. The number of hydrogen-bond donors (Lipinski definition) is 2. The molecule has 1 atom stereocenters. The van der Waals surface area contributed by atoms with Crippen molar-refractivity contribution in [2.75, 3.05) is 12.0 Å². The first-order valence-electron chi connectivity index (χ1n) is 9.56. The van der Waals surface area contributed by atoms with Gasteiger partial charge < -0.3 is 9.88 Å². The van der Waals surface area contributed by atoms with E-state index in [1.165, 1.54) is 11.1 Å². The second kappa shape index (κ2) is 8.12. The summed E-state index contributed by atoms with van der Waals surface area (Å²) in [6, 6.07) is 20.9. The van der Waals surface area contributed by atoms with E-state index in [1.54, 1.807) is 0 Å². The summed E-state index contributed by atoms with van der Waals surface area (Å²) < 4.78 is 2.49. The quantitative estimate of drug-likeness (QED) is 0.642. The zero-order chi connectivity index (χ0) is 19.5. The third-order valence-electron chi connectivity index (χ3n) is 5.40. The SMILES string of the molecule is CC(c1ccccc1)N1CNc2c(c(=O)[nH]c(=S)n2CCc2ccccc2)C1. The van der Waals surface area contributed by atoms with Crippen molar-refractivity contribution in [1.29, 1.82) is 0 Å². The van der Waals surface area contributed by atoms with E-state index in [4.69, 9.17) is 12.2 Å². The first-order valence-corrected chi connectivity index (χ1v) is 9.97. The Morgan fingerprint density at radius 1 is 1.07 bits per heavy atom. The first-order chi connectivity index (χ1) is 13.6. The van der Waals surface area contributed by atoms with Crippen LogP contribution in [0.5, 0.6) is 0 Å². The molecule has 0 aliphatic carbocycles. The van der Waals surface area contributed by atoms with Crippen LogP contribution in [0, 0.1) is 4.77 Å². The summed E-state index contributed by atoms with van der Waals surface area (Å²) in [6.45, 7) is 4.16. The molecule has 2 aromatic carbocycles. The predicted molar refractivity (Wildman–Crippen MR) is 115 cm³/mol. The fourth-order valence-corrected chi connectivity index (χ4v) is 3.99. The van der Waals surface area contributed by atoms with Gasteiger partial charge in [-0.3, -0.25) is 14.7 Å². The van der Waals surface area contributed by atoms with Crippen molar-refractivity contribution >= 4 is 18.0 Å². The number of aryl methyl sites for hydroxylation is 1. The second-order valence-corrected chi connectivity index (χ2v) is 7.53. The third-order valence-corrected chi connectivity index (χ3v) is 5.73. The first kappa shape index (κ1) is 18.7. The highest BCUT2D eigenvalue weighted by Crippen LogP contribution is 2.27. The van der Waals surface area contributed by atoms with Crippen LogP contribution in [0.1, 0.15) is 29.7 Å². The normalized spacial score (nSPS) is 14.9. The van der Waals surface area contributed by atoms with E-state index >= 15 is 0 Å². The highest BCUT2D eigenvalue weighted by atomic mass is 32.1. The Bertz CT molecular complexity index is 1060. The fraction of sp³-hybridized carbons (Fsp3) is 0.273. The summed E-state index contributed by atoms with van der Waals surface area (Å²) >= 11 is 5.45. The molecule has 3 aromatic rings. The number of aromatic nitrogens is 2. The minimum Gasteiger partial charge on any atom is -0.358 e. The van der Waals surface area contributed by atoms with E-state index < -0.39 is 0 Å². The van der Waals surface area contributed by atoms with Crippen LogP contribution in [0.4, 0.5) is 5.82 Å². The molecule has 6 heteroatoms. The molecule has 5 nitrogen and oxygen atoms in total. The average Bonchev–Trinajstić information content (AvgIpc) is 2.74. The Morgan fingerprint density at radius 2 is 1.75 bits per heavy atom. The van der Waals surface area contributed by atoms with Crippen molar-refractivity contribution in [2.24, 2.45) is 0 Å². The van der Waals surface area contributed by atoms with Gasteiger partial charge in [-0.2, -0.15) is 0 Å². The van der Waals surface area contributed by atoms with E-state index in [-0.39, 0.29) is 11.6 Å². The molecule has 4 rings (SSSR count). The van der Waals surface area contributed by atoms with Crippen molar-refractivity contribution < 1.29 is 0 Å². The van der Waals surface area contributed by atoms with Gasteiger partial charge >= 0.3 is 0 Å². The smallest absolute Gasteiger partial charge is 0.258 e. The van der Waals surface area contributed by atoms with Gasteiger partial charge in [-0.15, -0.1) is 0 Å². The highest BCUT2D eigenvalue weighted by molar-refractivity contribution is 7.71. The lowest BCUT2D eigenvalue weighted by Crippen LogP contribution is -2.40. The van der Waals surface area contributed by atoms with Crippen molar-refractivity contribution in [1.82, 2.24) is 14.5 Å². The maximum absolute atomic E-state index is 12.6. The van der Waals surface area contributed by atoms with E-state index in [1.807, 2.05) is 41.0 Å². The van der Waals surface area contributed by atoms with Crippen LogP contribution in [-0.4, -0.2) is 21.1 Å². The molecule has 1 aromatic heterocycles. The molecule has 0 saturated carbocycles. The summed E-state index contributed by atoms with van der Waals surface area (Å²) in [5.74, 6) is 0.848. The largest absolute Gasteiger partial charge is 0.358 e. The Kier molecular flexibility index (Phi) is 5.41. The maximum Gasteiger partial charge on any atom is 0.258 e. The summed E-state index contributed by atoms with van der Waals surface area (Å²) in [5.41, 5.74) is 3.13. The zero-order valence-corrected chi connectivity index (χ0v) is 16.7. The van der Waals surface area contributed by atoms with E-state index in [0.717, 1.165) is 24.3 Å². The molecule has 0 radical (unpaired) electrons. The molecule has 1 unspecified atom stereocenters. The van der Waals surface area contributed by atoms with Crippen LogP contribution in [0.2, 0.25) is 0 Å². The molecule has 1 aliphatic rings. The number of nitrogens with one attached hydrogen (secondary N) is 2. The predicted octanol–water partition coefficient (Wildman–Crippen LogP) is 4.09. The second-order valence-electron chi connectivity index (χ2n) is 7.14. The standard InChI is InChI=1S/C22H24N4OS/c1-16(18-10-6-3-7-11-18)25-14-19-20(23-15-25)26(22(28)24-21(19)27)13-12-17-8-4-2-5-9-17/h2-11,16,23H,12-15H2,1H3,(H,24,27,28). The van der Waals surface area contributed by atoms with Gasteiger partial charge in [0.15, 0.2) is 4.77 Å². The van der Waals surface area contributed by atoms with Crippen LogP contribution in [0.25, 0.3) is 0 Å². The summed E-state index contributed by atoms with van der Waals surface area (Å²) in [7, 11) is 0. The molecule has 28 heavy (non-hydrogen) atoms. The Morgan fingerprint density at radius 3 is 2.46 bits per heavy atom. The number of rotatable bonds is 5. The van der Waals surface area contributed by atoms with Crippen LogP contribution < -0.4 is 10.9 Å². The fourth-order valence-electron chi connectivity index (χ4n) is 3.71.